The lowest BCUT2D eigenvalue weighted by Crippen LogP contribution is -2.50. The van der Waals surface area contributed by atoms with Crippen LogP contribution < -0.4 is 11.1 Å². The van der Waals surface area contributed by atoms with Crippen LogP contribution in [0.5, 0.6) is 0 Å². The molecule has 0 aromatic carbocycles. The van der Waals surface area contributed by atoms with Gasteiger partial charge in [-0.3, -0.25) is 4.98 Å². The van der Waals surface area contributed by atoms with Crippen LogP contribution in [0, 0.1) is 11.8 Å². The fourth-order valence-electron chi connectivity index (χ4n) is 3.28. The molecule has 0 radical (unpaired) electrons. The maximum Gasteiger partial charge on any atom is 0.0483 e. The standard InChI is InChI=1S/C14H21N3/c15-14(11-3-4-11,12-5-8-16-9-6-12)13-2-1-7-17-10-13/h1-2,7,10-12,16H,3-6,8-9,15H2. The van der Waals surface area contributed by atoms with Crippen molar-refractivity contribution in [3.8, 4) is 0 Å². The van der Waals surface area contributed by atoms with Crippen LogP contribution in [0.3, 0.4) is 0 Å². The van der Waals surface area contributed by atoms with Gasteiger partial charge in [-0.15, -0.1) is 0 Å². The number of rotatable bonds is 3. The molecule has 3 heteroatoms. The first-order valence-corrected chi connectivity index (χ1v) is 6.72. The second-order valence-electron chi connectivity index (χ2n) is 5.47. The fourth-order valence-corrected chi connectivity index (χ4v) is 3.28. The minimum Gasteiger partial charge on any atom is -0.321 e. The van der Waals surface area contributed by atoms with E-state index in [1.165, 1.54) is 31.2 Å². The third-order valence-corrected chi connectivity index (χ3v) is 4.43. The van der Waals surface area contributed by atoms with E-state index in [1.807, 2.05) is 18.5 Å². The Labute approximate surface area is 103 Å². The van der Waals surface area contributed by atoms with Crippen LogP contribution in [0.2, 0.25) is 0 Å². The summed E-state index contributed by atoms with van der Waals surface area (Å²) in [6.07, 6.45) is 8.77. The molecule has 2 aliphatic rings. The number of aromatic nitrogens is 1. The van der Waals surface area contributed by atoms with Crippen LogP contribution in [-0.2, 0) is 5.54 Å². The van der Waals surface area contributed by atoms with E-state index in [9.17, 15) is 0 Å². The normalized spacial score (nSPS) is 25.5. The molecule has 3 N–H and O–H groups in total. The number of hydrogen-bond acceptors (Lipinski definition) is 3. The van der Waals surface area contributed by atoms with E-state index in [4.69, 9.17) is 5.73 Å². The summed E-state index contributed by atoms with van der Waals surface area (Å²) in [6, 6.07) is 4.17. The van der Waals surface area contributed by atoms with Gasteiger partial charge in [-0.05, 0) is 62.2 Å². The molecule has 1 aliphatic carbocycles. The number of nitrogens with one attached hydrogen (secondary N) is 1. The summed E-state index contributed by atoms with van der Waals surface area (Å²) in [5, 5.41) is 3.43. The SMILES string of the molecule is NC(c1cccnc1)(C1CCNCC1)C1CC1. The highest BCUT2D eigenvalue weighted by Crippen LogP contribution is 2.50. The number of pyridine rings is 1. The predicted octanol–water partition coefficient (Wildman–Crippen LogP) is 1.65. The maximum absolute atomic E-state index is 6.83. The molecule has 3 rings (SSSR count). The Bertz CT molecular complexity index is 368. The van der Waals surface area contributed by atoms with Crippen molar-refractivity contribution in [3.63, 3.8) is 0 Å². The highest BCUT2D eigenvalue weighted by molar-refractivity contribution is 5.25. The van der Waals surface area contributed by atoms with E-state index in [-0.39, 0.29) is 5.54 Å². The minimum atomic E-state index is -0.129. The number of nitrogens with two attached hydrogens (primary N) is 1. The molecule has 92 valence electrons. The van der Waals surface area contributed by atoms with Gasteiger partial charge in [-0.2, -0.15) is 0 Å². The number of piperidine rings is 1. The topological polar surface area (TPSA) is 50.9 Å². The van der Waals surface area contributed by atoms with Crippen LogP contribution in [-0.4, -0.2) is 18.1 Å². The van der Waals surface area contributed by atoms with Crippen molar-refractivity contribution in [3.05, 3.63) is 30.1 Å². The van der Waals surface area contributed by atoms with Gasteiger partial charge in [-0.25, -0.2) is 0 Å². The Morgan fingerprint density at radius 1 is 1.18 bits per heavy atom. The van der Waals surface area contributed by atoms with Crippen molar-refractivity contribution in [2.45, 2.75) is 31.2 Å². The van der Waals surface area contributed by atoms with E-state index < -0.39 is 0 Å². The summed E-state index contributed by atoms with van der Waals surface area (Å²) in [5.41, 5.74) is 7.95. The molecule has 1 atom stereocenters. The van der Waals surface area contributed by atoms with Crippen molar-refractivity contribution in [1.82, 2.24) is 10.3 Å². The van der Waals surface area contributed by atoms with Crippen molar-refractivity contribution in [2.24, 2.45) is 17.6 Å². The first kappa shape index (κ1) is 11.2. The average molecular weight is 231 g/mol. The quantitative estimate of drug-likeness (QED) is 0.831. The van der Waals surface area contributed by atoms with Gasteiger partial charge in [0.25, 0.3) is 0 Å². The lowest BCUT2D eigenvalue weighted by molar-refractivity contribution is 0.188. The molecule has 1 aromatic heterocycles. The minimum absolute atomic E-state index is 0.129. The van der Waals surface area contributed by atoms with Gasteiger partial charge in [0, 0.05) is 17.9 Å². The van der Waals surface area contributed by atoms with Gasteiger partial charge in [-0.1, -0.05) is 6.07 Å². The molecule has 0 amide bonds. The van der Waals surface area contributed by atoms with Crippen LogP contribution in [0.1, 0.15) is 31.2 Å². The summed E-state index contributed by atoms with van der Waals surface area (Å²) in [6.45, 7) is 2.22. The third kappa shape index (κ3) is 1.98. The monoisotopic (exact) mass is 231 g/mol. The summed E-state index contributed by atoms with van der Waals surface area (Å²) in [4.78, 5) is 4.26. The fraction of sp³-hybridized carbons (Fsp3) is 0.643. The number of hydrogen-bond donors (Lipinski definition) is 2. The zero-order chi connectivity index (χ0) is 11.7. The lowest BCUT2D eigenvalue weighted by atomic mass is 9.71. The largest absolute Gasteiger partial charge is 0.321 e. The van der Waals surface area contributed by atoms with Crippen molar-refractivity contribution in [2.75, 3.05) is 13.1 Å². The van der Waals surface area contributed by atoms with Crippen LogP contribution in [0.15, 0.2) is 24.5 Å². The molecule has 2 fully saturated rings. The zero-order valence-corrected chi connectivity index (χ0v) is 10.2. The predicted molar refractivity (Wildman–Crippen MR) is 68.4 cm³/mol. The highest BCUT2D eigenvalue weighted by atomic mass is 14.9. The Kier molecular flexibility index (Phi) is 2.89. The second kappa shape index (κ2) is 4.39. The Morgan fingerprint density at radius 2 is 1.88 bits per heavy atom. The van der Waals surface area contributed by atoms with Crippen LogP contribution in [0.4, 0.5) is 0 Å². The van der Waals surface area contributed by atoms with Crippen molar-refractivity contribution in [1.29, 1.82) is 0 Å². The van der Waals surface area contributed by atoms with Gasteiger partial charge in [0.05, 0.1) is 0 Å². The summed E-state index contributed by atoms with van der Waals surface area (Å²) >= 11 is 0. The Hall–Kier alpha value is -0.930. The van der Waals surface area contributed by atoms with Crippen LogP contribution >= 0.6 is 0 Å². The molecule has 1 saturated heterocycles. The molecule has 1 aliphatic heterocycles. The molecule has 1 unspecified atom stereocenters. The van der Waals surface area contributed by atoms with Gasteiger partial charge >= 0.3 is 0 Å². The van der Waals surface area contributed by atoms with Gasteiger partial charge in [0.1, 0.15) is 0 Å². The van der Waals surface area contributed by atoms with Crippen molar-refractivity contribution < 1.29 is 0 Å². The van der Waals surface area contributed by atoms with E-state index >= 15 is 0 Å². The summed E-state index contributed by atoms with van der Waals surface area (Å²) in [5.74, 6) is 1.29. The average Bonchev–Trinajstić information content (AvgIpc) is 3.24. The van der Waals surface area contributed by atoms with E-state index in [1.54, 1.807) is 0 Å². The molecule has 2 heterocycles. The molecule has 3 nitrogen and oxygen atoms in total. The van der Waals surface area contributed by atoms with Crippen molar-refractivity contribution >= 4 is 0 Å². The molecular formula is C14H21N3. The molecule has 0 spiro atoms. The van der Waals surface area contributed by atoms with Gasteiger partial charge in [0.2, 0.25) is 0 Å². The molecule has 17 heavy (non-hydrogen) atoms. The zero-order valence-electron chi connectivity index (χ0n) is 10.2. The second-order valence-corrected chi connectivity index (χ2v) is 5.47. The third-order valence-electron chi connectivity index (χ3n) is 4.43. The lowest BCUT2D eigenvalue weighted by Gasteiger charge is -2.40. The van der Waals surface area contributed by atoms with E-state index in [0.717, 1.165) is 13.1 Å². The van der Waals surface area contributed by atoms with Gasteiger partial charge in [0.15, 0.2) is 0 Å². The summed E-state index contributed by atoms with van der Waals surface area (Å²) in [7, 11) is 0. The molecular weight excluding hydrogens is 210 g/mol. The van der Waals surface area contributed by atoms with E-state index in [2.05, 4.69) is 16.4 Å². The Balaban J connectivity index is 1.92. The van der Waals surface area contributed by atoms with Crippen LogP contribution in [0.25, 0.3) is 0 Å². The molecule has 1 saturated carbocycles. The summed E-state index contributed by atoms with van der Waals surface area (Å²) < 4.78 is 0. The molecule has 1 aromatic rings. The van der Waals surface area contributed by atoms with Gasteiger partial charge < -0.3 is 11.1 Å². The molecule has 0 bridgehead atoms. The smallest absolute Gasteiger partial charge is 0.0483 e. The maximum atomic E-state index is 6.83. The van der Waals surface area contributed by atoms with E-state index in [0.29, 0.717) is 11.8 Å². The first-order chi connectivity index (χ1) is 8.32. The Morgan fingerprint density at radius 3 is 2.47 bits per heavy atom. The first-order valence-electron chi connectivity index (χ1n) is 6.72. The number of nitrogens with zero attached hydrogens (tertiary/aromatic N) is 1. The highest BCUT2D eigenvalue weighted by Gasteiger charge is 2.48.